The molecule has 1 saturated heterocycles. The van der Waals surface area contributed by atoms with Crippen molar-refractivity contribution in [1.29, 1.82) is 0 Å². The third kappa shape index (κ3) is 3.74. The van der Waals surface area contributed by atoms with Crippen LogP contribution in [-0.4, -0.2) is 51.1 Å². The first-order valence-corrected chi connectivity index (χ1v) is 9.86. The minimum Gasteiger partial charge on any atom is -0.368 e. The summed E-state index contributed by atoms with van der Waals surface area (Å²) in [7, 11) is 2.84. The third-order valence-electron chi connectivity index (χ3n) is 5.63. The van der Waals surface area contributed by atoms with Crippen LogP contribution in [0.1, 0.15) is 16.1 Å². The lowest BCUT2D eigenvalue weighted by molar-refractivity contribution is -0.137. The number of aryl methyl sites for hydroxylation is 1. The Balaban J connectivity index is 1.53. The van der Waals surface area contributed by atoms with E-state index in [1.807, 2.05) is 0 Å². The van der Waals surface area contributed by atoms with Crippen LogP contribution in [0.25, 0.3) is 11.0 Å². The molecule has 0 spiro atoms. The maximum absolute atomic E-state index is 13.0. The van der Waals surface area contributed by atoms with Gasteiger partial charge in [0.25, 0.3) is 11.5 Å². The summed E-state index contributed by atoms with van der Waals surface area (Å²) in [4.78, 5) is 45.0. The number of carbonyl (C=O) groups is 1. The highest BCUT2D eigenvalue weighted by molar-refractivity contribution is 5.94. The summed E-state index contributed by atoms with van der Waals surface area (Å²) < 4.78 is 41.1. The smallest absolute Gasteiger partial charge is 0.368 e. The van der Waals surface area contributed by atoms with E-state index in [9.17, 15) is 27.6 Å². The topological polar surface area (TPSA) is 80.4 Å². The predicted octanol–water partition coefficient (Wildman–Crippen LogP) is 1.61. The highest BCUT2D eigenvalue weighted by Crippen LogP contribution is 2.31. The molecule has 4 rings (SSSR count). The zero-order valence-electron chi connectivity index (χ0n) is 17.4. The van der Waals surface area contributed by atoms with Gasteiger partial charge in [-0.1, -0.05) is 6.07 Å². The molecule has 1 amide bonds. The first kappa shape index (κ1) is 21.6. The zero-order chi connectivity index (χ0) is 23.2. The van der Waals surface area contributed by atoms with Gasteiger partial charge < -0.3 is 9.80 Å². The Kier molecular flexibility index (Phi) is 5.27. The number of aromatic nitrogens is 3. The summed E-state index contributed by atoms with van der Waals surface area (Å²) in [5, 5.41) is 0.223. The van der Waals surface area contributed by atoms with Crippen molar-refractivity contribution in [2.24, 2.45) is 14.1 Å². The van der Waals surface area contributed by atoms with Gasteiger partial charge in [-0.3, -0.25) is 18.7 Å². The van der Waals surface area contributed by atoms with E-state index in [1.165, 1.54) is 36.9 Å². The number of nitrogens with zero attached hydrogens (tertiary/aromatic N) is 5. The van der Waals surface area contributed by atoms with Gasteiger partial charge in [-0.15, -0.1) is 0 Å². The Morgan fingerprint density at radius 3 is 2.31 bits per heavy atom. The average Bonchev–Trinajstić information content (AvgIpc) is 2.80. The van der Waals surface area contributed by atoms with Gasteiger partial charge in [0.2, 0.25) is 0 Å². The molecule has 0 unspecified atom stereocenters. The molecule has 11 heteroatoms. The Labute approximate surface area is 180 Å². The molecule has 1 aromatic carbocycles. The van der Waals surface area contributed by atoms with Crippen LogP contribution in [0.2, 0.25) is 0 Å². The summed E-state index contributed by atoms with van der Waals surface area (Å²) in [5.74, 6) is -0.372. The second kappa shape index (κ2) is 7.81. The summed E-state index contributed by atoms with van der Waals surface area (Å²) in [6.45, 7) is 1.31. The van der Waals surface area contributed by atoms with E-state index in [4.69, 9.17) is 0 Å². The molecule has 3 heterocycles. The summed E-state index contributed by atoms with van der Waals surface area (Å²) >= 11 is 0. The molecule has 1 fully saturated rings. The van der Waals surface area contributed by atoms with Crippen LogP contribution in [0.3, 0.4) is 0 Å². The summed E-state index contributed by atoms with van der Waals surface area (Å²) in [5.41, 5.74) is -1.11. The van der Waals surface area contributed by atoms with Crippen molar-refractivity contribution in [1.82, 2.24) is 19.0 Å². The van der Waals surface area contributed by atoms with E-state index < -0.39 is 23.0 Å². The van der Waals surface area contributed by atoms with Crippen LogP contribution in [0.15, 0.2) is 46.0 Å². The summed E-state index contributed by atoms with van der Waals surface area (Å²) in [6.07, 6.45) is -4.42. The number of amides is 1. The number of benzene rings is 1. The normalized spacial score (nSPS) is 14.8. The lowest BCUT2D eigenvalue weighted by atomic mass is 10.1. The lowest BCUT2D eigenvalue weighted by Gasteiger charge is -2.36. The molecule has 0 bridgehead atoms. The number of anilines is 1. The molecule has 1 aliphatic heterocycles. The van der Waals surface area contributed by atoms with Crippen molar-refractivity contribution >= 4 is 22.6 Å². The van der Waals surface area contributed by atoms with Crippen LogP contribution in [0, 0.1) is 0 Å². The Hall–Kier alpha value is -3.63. The van der Waals surface area contributed by atoms with Gasteiger partial charge in [0, 0.05) is 46.0 Å². The van der Waals surface area contributed by atoms with E-state index in [0.717, 1.165) is 16.7 Å². The Morgan fingerprint density at radius 2 is 1.66 bits per heavy atom. The maximum atomic E-state index is 13.0. The van der Waals surface area contributed by atoms with Gasteiger partial charge >= 0.3 is 11.9 Å². The molecule has 0 atom stereocenters. The van der Waals surface area contributed by atoms with Crippen LogP contribution < -0.4 is 16.1 Å². The molecular formula is C21H20F3N5O3. The number of fused-ring (bicyclic) bond motifs is 1. The summed E-state index contributed by atoms with van der Waals surface area (Å²) in [6, 6.07) is 8.01. The monoisotopic (exact) mass is 447 g/mol. The number of pyridine rings is 1. The van der Waals surface area contributed by atoms with E-state index in [-0.39, 0.29) is 22.6 Å². The second-order valence-corrected chi connectivity index (χ2v) is 7.60. The molecule has 0 saturated carbocycles. The fourth-order valence-electron chi connectivity index (χ4n) is 3.78. The van der Waals surface area contributed by atoms with E-state index in [1.54, 1.807) is 15.9 Å². The number of hydrogen-bond acceptors (Lipinski definition) is 5. The third-order valence-corrected chi connectivity index (χ3v) is 5.63. The molecule has 32 heavy (non-hydrogen) atoms. The number of piperazine rings is 1. The SMILES string of the molecule is Cn1c(=O)c2ccc(C(=O)N3CCN(c4cccc(C(F)(F)F)c4)CC3)nc2n(C)c1=O. The molecular weight excluding hydrogens is 427 g/mol. The zero-order valence-corrected chi connectivity index (χ0v) is 17.4. The van der Waals surface area contributed by atoms with Gasteiger partial charge in [0.1, 0.15) is 11.3 Å². The second-order valence-electron chi connectivity index (χ2n) is 7.60. The number of alkyl halides is 3. The fourth-order valence-corrected chi connectivity index (χ4v) is 3.78. The average molecular weight is 447 g/mol. The maximum Gasteiger partial charge on any atom is 0.416 e. The van der Waals surface area contributed by atoms with Crippen LogP contribution >= 0.6 is 0 Å². The number of halogens is 3. The lowest BCUT2D eigenvalue weighted by Crippen LogP contribution is -2.49. The van der Waals surface area contributed by atoms with Crippen molar-refractivity contribution in [2.75, 3.05) is 31.1 Å². The number of rotatable bonds is 2. The number of carbonyl (C=O) groups excluding carboxylic acids is 1. The minimum atomic E-state index is -4.42. The van der Waals surface area contributed by atoms with Crippen LogP contribution in [-0.2, 0) is 20.3 Å². The standard InChI is InChI=1S/C21H20F3N5O3/c1-26-17-15(18(30)27(2)20(26)32)6-7-16(25-17)19(31)29-10-8-28(9-11-29)14-5-3-4-13(12-14)21(22,23)24/h3-7,12H,8-11H2,1-2H3. The molecule has 3 aromatic rings. The highest BCUT2D eigenvalue weighted by Gasteiger charge is 2.31. The van der Waals surface area contributed by atoms with E-state index in [0.29, 0.717) is 31.9 Å². The molecule has 8 nitrogen and oxygen atoms in total. The van der Waals surface area contributed by atoms with E-state index >= 15 is 0 Å². The molecule has 0 aliphatic carbocycles. The van der Waals surface area contributed by atoms with Gasteiger partial charge in [-0.2, -0.15) is 13.2 Å². The van der Waals surface area contributed by atoms with Gasteiger partial charge in [-0.25, -0.2) is 9.78 Å². The van der Waals surface area contributed by atoms with Gasteiger partial charge in [0.05, 0.1) is 10.9 Å². The molecule has 2 aromatic heterocycles. The van der Waals surface area contributed by atoms with Crippen LogP contribution in [0.5, 0.6) is 0 Å². The largest absolute Gasteiger partial charge is 0.416 e. The van der Waals surface area contributed by atoms with Crippen LogP contribution in [0.4, 0.5) is 18.9 Å². The molecule has 0 N–H and O–H groups in total. The first-order chi connectivity index (χ1) is 15.1. The number of hydrogen-bond donors (Lipinski definition) is 0. The Bertz CT molecular complexity index is 1320. The van der Waals surface area contributed by atoms with Crippen molar-refractivity contribution in [3.05, 3.63) is 68.5 Å². The van der Waals surface area contributed by atoms with E-state index in [2.05, 4.69) is 4.98 Å². The Morgan fingerprint density at radius 1 is 0.969 bits per heavy atom. The van der Waals surface area contributed by atoms with Crippen molar-refractivity contribution in [3.8, 4) is 0 Å². The van der Waals surface area contributed by atoms with Crippen molar-refractivity contribution in [2.45, 2.75) is 6.18 Å². The molecule has 168 valence electrons. The molecule has 0 radical (unpaired) electrons. The quantitative estimate of drug-likeness (QED) is 0.597. The molecule has 1 aliphatic rings. The van der Waals surface area contributed by atoms with Crippen molar-refractivity contribution < 1.29 is 18.0 Å². The predicted molar refractivity (Wildman–Crippen MR) is 112 cm³/mol. The minimum absolute atomic E-state index is 0.0910. The van der Waals surface area contributed by atoms with Crippen molar-refractivity contribution in [3.63, 3.8) is 0 Å². The fraction of sp³-hybridized carbons (Fsp3) is 0.333. The van der Waals surface area contributed by atoms with Gasteiger partial charge in [0.15, 0.2) is 0 Å². The van der Waals surface area contributed by atoms with Gasteiger partial charge in [-0.05, 0) is 30.3 Å². The first-order valence-electron chi connectivity index (χ1n) is 9.86. The highest BCUT2D eigenvalue weighted by atomic mass is 19.4.